The van der Waals surface area contributed by atoms with Crippen LogP contribution in [0.5, 0.6) is 0 Å². The number of carbonyl (C=O) groups excluding carboxylic acids is 1. The highest BCUT2D eigenvalue weighted by Crippen LogP contribution is 2.12. The number of hydrogen-bond donors (Lipinski definition) is 1. The van der Waals surface area contributed by atoms with Crippen molar-refractivity contribution >= 4 is 23.7 Å². The molecule has 1 N–H and O–H groups in total. The Kier molecular flexibility index (Phi) is 7.60. The minimum absolute atomic E-state index is 0.0763. The number of nitrogens with zero attached hydrogens (tertiary/aromatic N) is 3. The van der Waals surface area contributed by atoms with E-state index in [1.165, 1.54) is 11.1 Å². The summed E-state index contributed by atoms with van der Waals surface area (Å²) >= 11 is 5.94. The van der Waals surface area contributed by atoms with Gasteiger partial charge in [0.2, 0.25) is 0 Å². The van der Waals surface area contributed by atoms with Crippen LogP contribution in [-0.2, 0) is 17.8 Å². The number of benzene rings is 2. The van der Waals surface area contributed by atoms with Gasteiger partial charge in [-0.2, -0.15) is 5.10 Å². The summed E-state index contributed by atoms with van der Waals surface area (Å²) < 4.78 is 0. The van der Waals surface area contributed by atoms with Crippen molar-refractivity contribution < 1.29 is 4.79 Å². The van der Waals surface area contributed by atoms with Gasteiger partial charge >= 0.3 is 0 Å². The number of piperazine rings is 1. The van der Waals surface area contributed by atoms with Crippen LogP contribution >= 0.6 is 11.6 Å². The van der Waals surface area contributed by atoms with Crippen LogP contribution in [0.15, 0.2) is 53.6 Å². The van der Waals surface area contributed by atoms with E-state index in [2.05, 4.69) is 51.5 Å². The van der Waals surface area contributed by atoms with Crippen LogP contribution in [0.25, 0.3) is 0 Å². The molecule has 0 saturated carbocycles. The van der Waals surface area contributed by atoms with Crippen molar-refractivity contribution in [2.45, 2.75) is 19.9 Å². The second-order valence-electron chi connectivity index (χ2n) is 7.07. The van der Waals surface area contributed by atoms with Crippen molar-refractivity contribution in [3.63, 3.8) is 0 Å². The molecule has 0 bridgehead atoms. The van der Waals surface area contributed by atoms with Gasteiger partial charge in [-0.15, -0.1) is 0 Å². The lowest BCUT2D eigenvalue weighted by Crippen LogP contribution is -2.48. The number of halogens is 1. The molecule has 1 amide bonds. The predicted molar refractivity (Wildman–Crippen MR) is 115 cm³/mol. The lowest BCUT2D eigenvalue weighted by Gasteiger charge is -2.34. The fourth-order valence-electron chi connectivity index (χ4n) is 3.21. The van der Waals surface area contributed by atoms with Gasteiger partial charge in [0.1, 0.15) is 0 Å². The first-order valence-corrected chi connectivity index (χ1v) is 10.1. The molecule has 0 unspecified atom stereocenters. The van der Waals surface area contributed by atoms with Crippen molar-refractivity contribution in [3.8, 4) is 0 Å². The Morgan fingerprint density at radius 3 is 2.25 bits per heavy atom. The molecule has 0 aliphatic carbocycles. The van der Waals surface area contributed by atoms with Crippen molar-refractivity contribution in [2.24, 2.45) is 5.10 Å². The number of carbonyl (C=O) groups is 1. The van der Waals surface area contributed by atoms with Gasteiger partial charge in [-0.05, 0) is 35.2 Å². The Balaban J connectivity index is 1.37. The average Bonchev–Trinajstić information content (AvgIpc) is 2.72. The highest BCUT2D eigenvalue weighted by molar-refractivity contribution is 6.30. The van der Waals surface area contributed by atoms with Gasteiger partial charge in [0.25, 0.3) is 5.91 Å². The maximum Gasteiger partial charge on any atom is 0.254 e. The molecule has 0 radical (unpaired) electrons. The minimum Gasteiger partial charge on any atom is -0.297 e. The molecule has 2 aromatic carbocycles. The Hall–Kier alpha value is -2.21. The number of aryl methyl sites for hydroxylation is 1. The summed E-state index contributed by atoms with van der Waals surface area (Å²) in [6.07, 6.45) is 2.70. The Bertz CT molecular complexity index is 781. The molecule has 6 heteroatoms. The summed E-state index contributed by atoms with van der Waals surface area (Å²) in [6, 6.07) is 16.2. The maximum absolute atomic E-state index is 12.1. The zero-order valence-corrected chi connectivity index (χ0v) is 17.0. The molecule has 3 rings (SSSR count). The molecule has 1 fully saturated rings. The lowest BCUT2D eigenvalue weighted by molar-refractivity contribution is -0.122. The summed E-state index contributed by atoms with van der Waals surface area (Å²) in [7, 11) is 0. The SMILES string of the molecule is CCc1ccc(C=NNC(=O)CN2CCN(Cc3ccc(Cl)cc3)CC2)cc1. The molecule has 2 aromatic rings. The molecular formula is C22H27ClN4O. The van der Waals surface area contributed by atoms with E-state index in [9.17, 15) is 4.79 Å². The van der Waals surface area contributed by atoms with Crippen LogP contribution in [0, 0.1) is 0 Å². The Morgan fingerprint density at radius 2 is 1.61 bits per heavy atom. The number of hydrazone groups is 1. The lowest BCUT2D eigenvalue weighted by atomic mass is 10.1. The van der Waals surface area contributed by atoms with E-state index in [-0.39, 0.29) is 5.91 Å². The van der Waals surface area contributed by atoms with Gasteiger partial charge in [0.05, 0.1) is 12.8 Å². The summed E-state index contributed by atoms with van der Waals surface area (Å²) in [4.78, 5) is 16.7. The predicted octanol–water partition coefficient (Wildman–Crippen LogP) is 3.17. The van der Waals surface area contributed by atoms with Gasteiger partial charge < -0.3 is 0 Å². The van der Waals surface area contributed by atoms with Crippen LogP contribution in [0.2, 0.25) is 5.02 Å². The normalized spacial score (nSPS) is 15.8. The van der Waals surface area contributed by atoms with Gasteiger partial charge in [-0.3, -0.25) is 14.6 Å². The molecule has 148 valence electrons. The summed E-state index contributed by atoms with van der Waals surface area (Å²) in [6.45, 7) is 7.07. The van der Waals surface area contributed by atoms with E-state index >= 15 is 0 Å². The smallest absolute Gasteiger partial charge is 0.254 e. The highest BCUT2D eigenvalue weighted by atomic mass is 35.5. The van der Waals surface area contributed by atoms with E-state index in [0.29, 0.717) is 6.54 Å². The van der Waals surface area contributed by atoms with Gasteiger partial charge in [0, 0.05) is 37.7 Å². The molecule has 0 aromatic heterocycles. The number of hydrogen-bond acceptors (Lipinski definition) is 4. The van der Waals surface area contributed by atoms with Crippen LogP contribution < -0.4 is 5.43 Å². The van der Waals surface area contributed by atoms with E-state index in [1.807, 2.05) is 24.3 Å². The molecule has 0 atom stereocenters. The number of amides is 1. The zero-order valence-electron chi connectivity index (χ0n) is 16.3. The third-order valence-corrected chi connectivity index (χ3v) is 5.19. The fourth-order valence-corrected chi connectivity index (χ4v) is 3.34. The zero-order chi connectivity index (χ0) is 19.8. The minimum atomic E-state index is -0.0763. The fraction of sp³-hybridized carbons (Fsp3) is 0.364. The molecule has 1 heterocycles. The van der Waals surface area contributed by atoms with E-state index in [0.717, 1.165) is 49.7 Å². The molecule has 1 aliphatic rings. The van der Waals surface area contributed by atoms with Crippen molar-refractivity contribution in [1.82, 2.24) is 15.2 Å². The molecule has 1 aliphatic heterocycles. The standard InChI is InChI=1S/C22H27ClN4O/c1-2-18-3-5-19(6-4-18)15-24-25-22(28)17-27-13-11-26(12-14-27)16-20-7-9-21(23)10-8-20/h3-10,15H,2,11-14,16-17H2,1H3,(H,25,28). The molecular weight excluding hydrogens is 372 g/mol. The van der Waals surface area contributed by atoms with Gasteiger partial charge in [-0.25, -0.2) is 5.43 Å². The molecule has 5 nitrogen and oxygen atoms in total. The van der Waals surface area contributed by atoms with E-state index in [1.54, 1.807) is 6.21 Å². The summed E-state index contributed by atoms with van der Waals surface area (Å²) in [5.74, 6) is -0.0763. The maximum atomic E-state index is 12.1. The highest BCUT2D eigenvalue weighted by Gasteiger charge is 2.18. The Labute approximate surface area is 172 Å². The van der Waals surface area contributed by atoms with Gasteiger partial charge in [-0.1, -0.05) is 54.9 Å². The first-order chi connectivity index (χ1) is 13.6. The van der Waals surface area contributed by atoms with Crippen LogP contribution in [-0.4, -0.2) is 54.6 Å². The Morgan fingerprint density at radius 1 is 1.00 bits per heavy atom. The largest absolute Gasteiger partial charge is 0.297 e. The third-order valence-electron chi connectivity index (χ3n) is 4.94. The quantitative estimate of drug-likeness (QED) is 0.575. The molecule has 1 saturated heterocycles. The third kappa shape index (κ3) is 6.44. The monoisotopic (exact) mass is 398 g/mol. The van der Waals surface area contributed by atoms with Crippen LogP contribution in [0.4, 0.5) is 0 Å². The van der Waals surface area contributed by atoms with E-state index < -0.39 is 0 Å². The number of nitrogens with one attached hydrogen (secondary N) is 1. The first kappa shape index (κ1) is 20.5. The van der Waals surface area contributed by atoms with Crippen LogP contribution in [0.1, 0.15) is 23.6 Å². The summed E-state index contributed by atoms with van der Waals surface area (Å²) in [5, 5.41) is 4.83. The van der Waals surface area contributed by atoms with Crippen molar-refractivity contribution in [1.29, 1.82) is 0 Å². The van der Waals surface area contributed by atoms with Crippen molar-refractivity contribution in [2.75, 3.05) is 32.7 Å². The van der Waals surface area contributed by atoms with Crippen molar-refractivity contribution in [3.05, 3.63) is 70.2 Å². The average molecular weight is 399 g/mol. The van der Waals surface area contributed by atoms with Gasteiger partial charge in [0.15, 0.2) is 0 Å². The molecule has 28 heavy (non-hydrogen) atoms. The second kappa shape index (κ2) is 10.4. The second-order valence-corrected chi connectivity index (χ2v) is 7.50. The van der Waals surface area contributed by atoms with Crippen LogP contribution in [0.3, 0.4) is 0 Å². The van der Waals surface area contributed by atoms with E-state index in [4.69, 9.17) is 11.6 Å². The number of rotatable bonds is 7. The topological polar surface area (TPSA) is 47.9 Å². The summed E-state index contributed by atoms with van der Waals surface area (Å²) in [5.41, 5.74) is 6.16. The first-order valence-electron chi connectivity index (χ1n) is 9.72. The molecule has 0 spiro atoms.